The van der Waals surface area contributed by atoms with Crippen molar-refractivity contribution < 1.29 is 14.6 Å². The molecular formula is C12H15BrO3. The van der Waals surface area contributed by atoms with Crippen molar-refractivity contribution in [3.05, 3.63) is 27.7 Å². The highest BCUT2D eigenvalue weighted by Crippen LogP contribution is 2.32. The number of carboxylic acid groups (broad SMARTS) is 1. The predicted molar refractivity (Wildman–Crippen MR) is 66.0 cm³/mol. The molecule has 1 aromatic carbocycles. The van der Waals surface area contributed by atoms with Crippen molar-refractivity contribution >= 4 is 21.9 Å². The highest BCUT2D eigenvalue weighted by Gasteiger charge is 2.10. The van der Waals surface area contributed by atoms with Crippen LogP contribution < -0.4 is 4.74 Å². The molecule has 0 radical (unpaired) electrons. The summed E-state index contributed by atoms with van der Waals surface area (Å²) in [6.07, 6.45) is 1.53. The van der Waals surface area contributed by atoms with Crippen LogP contribution in [0, 0.1) is 6.92 Å². The first-order valence-corrected chi connectivity index (χ1v) is 5.89. The molecule has 0 amide bonds. The van der Waals surface area contributed by atoms with Gasteiger partial charge in [-0.25, -0.2) is 0 Å². The number of aryl methyl sites for hydroxylation is 2. The lowest BCUT2D eigenvalue weighted by Gasteiger charge is -2.11. The van der Waals surface area contributed by atoms with Crippen molar-refractivity contribution in [3.63, 3.8) is 0 Å². The van der Waals surface area contributed by atoms with Gasteiger partial charge in [0.25, 0.3) is 0 Å². The van der Waals surface area contributed by atoms with Crippen molar-refractivity contribution in [2.45, 2.75) is 26.2 Å². The average molecular weight is 287 g/mol. The van der Waals surface area contributed by atoms with Crippen LogP contribution in [0.4, 0.5) is 0 Å². The van der Waals surface area contributed by atoms with Crippen LogP contribution in [0.5, 0.6) is 5.75 Å². The fourth-order valence-corrected chi connectivity index (χ4v) is 2.09. The zero-order valence-electron chi connectivity index (χ0n) is 9.42. The highest BCUT2D eigenvalue weighted by atomic mass is 79.9. The topological polar surface area (TPSA) is 46.5 Å². The normalized spacial score (nSPS) is 10.2. The summed E-state index contributed by atoms with van der Waals surface area (Å²) in [7, 11) is 1.63. The van der Waals surface area contributed by atoms with Gasteiger partial charge >= 0.3 is 5.97 Å². The van der Waals surface area contributed by atoms with Crippen molar-refractivity contribution in [2.75, 3.05) is 7.11 Å². The van der Waals surface area contributed by atoms with Crippen LogP contribution in [0.1, 0.15) is 24.0 Å². The zero-order chi connectivity index (χ0) is 12.1. The SMILES string of the molecule is COc1c(CCCC(=O)O)ccc(C)c1Br. The molecule has 0 fully saturated rings. The van der Waals surface area contributed by atoms with Gasteiger partial charge in [0, 0.05) is 6.42 Å². The summed E-state index contributed by atoms with van der Waals surface area (Å²) in [5.74, 6) is 0.0514. The maximum Gasteiger partial charge on any atom is 0.303 e. The zero-order valence-corrected chi connectivity index (χ0v) is 11.0. The first-order valence-electron chi connectivity index (χ1n) is 5.10. The molecule has 3 nitrogen and oxygen atoms in total. The fourth-order valence-electron chi connectivity index (χ4n) is 1.54. The quantitative estimate of drug-likeness (QED) is 0.904. The Morgan fingerprint density at radius 2 is 2.19 bits per heavy atom. The van der Waals surface area contributed by atoms with Crippen LogP contribution in [-0.4, -0.2) is 18.2 Å². The lowest BCUT2D eigenvalue weighted by atomic mass is 10.1. The van der Waals surface area contributed by atoms with E-state index in [2.05, 4.69) is 15.9 Å². The third-order valence-electron chi connectivity index (χ3n) is 2.41. The Labute approximate surface area is 104 Å². The number of carboxylic acids is 1. The van der Waals surface area contributed by atoms with E-state index in [0.717, 1.165) is 21.3 Å². The standard InChI is InChI=1S/C12H15BrO3/c1-8-6-7-9(4-3-5-10(14)15)12(16-2)11(8)13/h6-7H,3-5H2,1-2H3,(H,14,15). The van der Waals surface area contributed by atoms with Crippen LogP contribution >= 0.6 is 15.9 Å². The minimum atomic E-state index is -0.759. The molecule has 0 spiro atoms. The minimum absolute atomic E-state index is 0.189. The molecule has 0 aliphatic rings. The van der Waals surface area contributed by atoms with E-state index >= 15 is 0 Å². The van der Waals surface area contributed by atoms with E-state index in [0.29, 0.717) is 12.8 Å². The van der Waals surface area contributed by atoms with Crippen molar-refractivity contribution in [2.24, 2.45) is 0 Å². The minimum Gasteiger partial charge on any atom is -0.495 e. The lowest BCUT2D eigenvalue weighted by Crippen LogP contribution is -1.98. The number of methoxy groups -OCH3 is 1. The fraction of sp³-hybridized carbons (Fsp3) is 0.417. The molecule has 0 heterocycles. The number of halogens is 1. The number of hydrogen-bond acceptors (Lipinski definition) is 2. The molecule has 88 valence electrons. The summed E-state index contributed by atoms with van der Waals surface area (Å²) in [6.45, 7) is 1.99. The average Bonchev–Trinajstić information content (AvgIpc) is 2.23. The summed E-state index contributed by atoms with van der Waals surface area (Å²) < 4.78 is 6.27. The maximum atomic E-state index is 10.4. The predicted octanol–water partition coefficient (Wildman–Crippen LogP) is 3.17. The van der Waals surface area contributed by atoms with Crippen molar-refractivity contribution in [3.8, 4) is 5.75 Å². The van der Waals surface area contributed by atoms with Crippen molar-refractivity contribution in [1.29, 1.82) is 0 Å². The number of rotatable bonds is 5. The summed E-state index contributed by atoms with van der Waals surface area (Å²) in [4.78, 5) is 10.4. The van der Waals surface area contributed by atoms with E-state index in [1.54, 1.807) is 7.11 Å². The molecule has 16 heavy (non-hydrogen) atoms. The molecule has 0 saturated carbocycles. The second-order valence-electron chi connectivity index (χ2n) is 3.64. The van der Waals surface area contributed by atoms with Crippen LogP contribution in [0.3, 0.4) is 0 Å². The van der Waals surface area contributed by atoms with Crippen LogP contribution in [0.2, 0.25) is 0 Å². The summed E-state index contributed by atoms with van der Waals surface area (Å²) in [6, 6.07) is 3.99. The van der Waals surface area contributed by atoms with Crippen molar-refractivity contribution in [1.82, 2.24) is 0 Å². The molecule has 0 aliphatic carbocycles. The van der Waals surface area contributed by atoms with Gasteiger partial charge in [-0.2, -0.15) is 0 Å². The summed E-state index contributed by atoms with van der Waals surface area (Å²) in [5.41, 5.74) is 2.15. The van der Waals surface area contributed by atoms with Gasteiger partial charge in [-0.15, -0.1) is 0 Å². The Morgan fingerprint density at radius 3 is 2.75 bits per heavy atom. The molecule has 0 aliphatic heterocycles. The van der Waals surface area contributed by atoms with Crippen LogP contribution in [0.25, 0.3) is 0 Å². The largest absolute Gasteiger partial charge is 0.495 e. The molecule has 1 aromatic rings. The molecule has 1 rings (SSSR count). The number of aliphatic carboxylic acids is 1. The van der Waals surface area contributed by atoms with Gasteiger partial charge in [0.1, 0.15) is 5.75 Å². The second kappa shape index (κ2) is 5.89. The van der Waals surface area contributed by atoms with Gasteiger partial charge in [-0.05, 0) is 46.8 Å². The number of ether oxygens (including phenoxy) is 1. The molecule has 0 atom stereocenters. The summed E-state index contributed by atoms with van der Waals surface area (Å²) >= 11 is 3.47. The van der Waals surface area contributed by atoms with Gasteiger partial charge in [0.2, 0.25) is 0 Å². The lowest BCUT2D eigenvalue weighted by molar-refractivity contribution is -0.137. The van der Waals surface area contributed by atoms with E-state index in [1.165, 1.54) is 0 Å². The second-order valence-corrected chi connectivity index (χ2v) is 4.43. The third-order valence-corrected chi connectivity index (χ3v) is 3.40. The van der Waals surface area contributed by atoms with Gasteiger partial charge in [-0.1, -0.05) is 12.1 Å². The smallest absolute Gasteiger partial charge is 0.303 e. The van der Waals surface area contributed by atoms with E-state index in [9.17, 15) is 4.79 Å². The number of benzene rings is 1. The maximum absolute atomic E-state index is 10.4. The summed E-state index contributed by atoms with van der Waals surface area (Å²) in [5, 5.41) is 8.58. The molecular weight excluding hydrogens is 272 g/mol. The van der Waals surface area contributed by atoms with Crippen LogP contribution in [-0.2, 0) is 11.2 Å². The third kappa shape index (κ3) is 3.23. The Bertz CT molecular complexity index is 388. The number of hydrogen-bond donors (Lipinski definition) is 1. The first-order chi connectivity index (χ1) is 7.56. The molecule has 0 bridgehead atoms. The monoisotopic (exact) mass is 286 g/mol. The number of carbonyl (C=O) groups is 1. The molecule has 1 N–H and O–H groups in total. The molecule has 0 unspecified atom stereocenters. The highest BCUT2D eigenvalue weighted by molar-refractivity contribution is 9.10. The van der Waals surface area contributed by atoms with E-state index in [1.807, 2.05) is 19.1 Å². The van der Waals surface area contributed by atoms with Gasteiger partial charge < -0.3 is 9.84 Å². The van der Waals surface area contributed by atoms with Gasteiger partial charge in [0.05, 0.1) is 11.6 Å². The first kappa shape index (κ1) is 13.0. The Balaban J connectivity index is 2.79. The van der Waals surface area contributed by atoms with E-state index < -0.39 is 5.97 Å². The Hall–Kier alpha value is -1.03. The van der Waals surface area contributed by atoms with E-state index in [-0.39, 0.29) is 6.42 Å². The van der Waals surface area contributed by atoms with Gasteiger partial charge in [0.15, 0.2) is 0 Å². The van der Waals surface area contributed by atoms with E-state index in [4.69, 9.17) is 9.84 Å². The van der Waals surface area contributed by atoms with Gasteiger partial charge in [-0.3, -0.25) is 4.79 Å². The molecule has 0 saturated heterocycles. The Kier molecular flexibility index (Phi) is 4.80. The Morgan fingerprint density at radius 1 is 1.50 bits per heavy atom. The molecule has 0 aromatic heterocycles. The molecule has 4 heteroatoms. The van der Waals surface area contributed by atoms with Crippen LogP contribution in [0.15, 0.2) is 16.6 Å².